The van der Waals surface area contributed by atoms with Crippen molar-refractivity contribution in [1.82, 2.24) is 10.2 Å². The van der Waals surface area contributed by atoms with Crippen LogP contribution in [0.3, 0.4) is 0 Å². The van der Waals surface area contributed by atoms with Gasteiger partial charge in [-0.2, -0.15) is 0 Å². The van der Waals surface area contributed by atoms with E-state index in [0.717, 1.165) is 16.5 Å². The minimum Gasteiger partial charge on any atom is -0.484 e. The molecule has 0 aromatic heterocycles. The summed E-state index contributed by atoms with van der Waals surface area (Å²) in [6.45, 7) is 11.0. The molecule has 0 saturated heterocycles. The van der Waals surface area contributed by atoms with E-state index in [-0.39, 0.29) is 23.8 Å². The van der Waals surface area contributed by atoms with Crippen molar-refractivity contribution in [2.45, 2.75) is 59.0 Å². The van der Waals surface area contributed by atoms with E-state index in [4.69, 9.17) is 4.74 Å². The van der Waals surface area contributed by atoms with Gasteiger partial charge in [0.1, 0.15) is 11.8 Å². The number of amides is 2. The number of carbonyl (C=O) groups is 2. The van der Waals surface area contributed by atoms with Gasteiger partial charge in [-0.15, -0.1) is 0 Å². The first-order valence-corrected chi connectivity index (χ1v) is 11.5. The van der Waals surface area contributed by atoms with Crippen LogP contribution in [0.2, 0.25) is 0 Å². The van der Waals surface area contributed by atoms with E-state index in [1.165, 1.54) is 5.56 Å². The topological polar surface area (TPSA) is 58.6 Å². The number of benzene rings is 2. The molecule has 5 nitrogen and oxygen atoms in total. The molecule has 0 radical (unpaired) electrons. The quantitative estimate of drug-likeness (QED) is 0.535. The highest BCUT2D eigenvalue weighted by molar-refractivity contribution is 9.10. The molecule has 31 heavy (non-hydrogen) atoms. The standard InChI is InChI=1S/C25H33BrN2O3/c1-6-15-27-24(30)18(2)28(16-19-7-11-21(26)12-8-19)23(29)17-31-22-13-9-20(10-14-22)25(3,4)5/h7-14,18H,6,15-17H2,1-5H3,(H,27,30)/t18-/m1/s1. The fraction of sp³-hybridized carbons (Fsp3) is 0.440. The molecule has 2 rings (SSSR count). The number of halogens is 1. The van der Waals surface area contributed by atoms with Gasteiger partial charge < -0.3 is 15.0 Å². The monoisotopic (exact) mass is 488 g/mol. The van der Waals surface area contributed by atoms with Crippen LogP contribution < -0.4 is 10.1 Å². The summed E-state index contributed by atoms with van der Waals surface area (Å²) in [6, 6.07) is 14.9. The highest BCUT2D eigenvalue weighted by atomic mass is 79.9. The summed E-state index contributed by atoms with van der Waals surface area (Å²) < 4.78 is 6.72. The minimum absolute atomic E-state index is 0.0527. The molecule has 0 aliphatic rings. The lowest BCUT2D eigenvalue weighted by Gasteiger charge is -2.28. The molecule has 1 N–H and O–H groups in total. The number of hydrogen-bond acceptors (Lipinski definition) is 3. The zero-order chi connectivity index (χ0) is 23.0. The normalized spacial score (nSPS) is 12.2. The van der Waals surface area contributed by atoms with Gasteiger partial charge in [-0.1, -0.05) is 67.9 Å². The van der Waals surface area contributed by atoms with Crippen molar-refractivity contribution in [1.29, 1.82) is 0 Å². The summed E-state index contributed by atoms with van der Waals surface area (Å²) in [7, 11) is 0. The molecule has 0 fully saturated rings. The third kappa shape index (κ3) is 7.69. The lowest BCUT2D eigenvalue weighted by atomic mass is 9.87. The molecule has 2 aromatic rings. The predicted molar refractivity (Wildman–Crippen MR) is 128 cm³/mol. The van der Waals surface area contributed by atoms with E-state index in [9.17, 15) is 9.59 Å². The molecule has 0 bridgehead atoms. The molecule has 1 atom stereocenters. The summed E-state index contributed by atoms with van der Waals surface area (Å²) in [6.07, 6.45) is 0.840. The zero-order valence-corrected chi connectivity index (χ0v) is 20.7. The van der Waals surface area contributed by atoms with Gasteiger partial charge in [-0.25, -0.2) is 0 Å². The van der Waals surface area contributed by atoms with E-state index in [1.807, 2.05) is 55.5 Å². The van der Waals surface area contributed by atoms with Crippen LogP contribution in [0.15, 0.2) is 53.0 Å². The van der Waals surface area contributed by atoms with Crippen LogP contribution in [-0.4, -0.2) is 35.9 Å². The Morgan fingerprint density at radius 2 is 1.68 bits per heavy atom. The molecule has 0 aliphatic carbocycles. The van der Waals surface area contributed by atoms with Gasteiger partial charge >= 0.3 is 0 Å². The summed E-state index contributed by atoms with van der Waals surface area (Å²) in [4.78, 5) is 27.2. The van der Waals surface area contributed by atoms with Crippen molar-refractivity contribution in [3.63, 3.8) is 0 Å². The Bertz CT molecular complexity index is 858. The van der Waals surface area contributed by atoms with Gasteiger partial charge in [-0.05, 0) is 54.2 Å². The van der Waals surface area contributed by atoms with Gasteiger partial charge in [-0.3, -0.25) is 9.59 Å². The smallest absolute Gasteiger partial charge is 0.261 e. The van der Waals surface area contributed by atoms with Crippen LogP contribution in [-0.2, 0) is 21.5 Å². The van der Waals surface area contributed by atoms with Crippen molar-refractivity contribution in [3.05, 3.63) is 64.1 Å². The predicted octanol–water partition coefficient (Wildman–Crippen LogP) is 5.07. The largest absolute Gasteiger partial charge is 0.484 e. The molecule has 0 aliphatic heterocycles. The number of nitrogens with zero attached hydrogens (tertiary/aromatic N) is 1. The lowest BCUT2D eigenvalue weighted by molar-refractivity contribution is -0.142. The summed E-state index contributed by atoms with van der Waals surface area (Å²) in [5, 5.41) is 2.88. The summed E-state index contributed by atoms with van der Waals surface area (Å²) in [5.41, 5.74) is 2.20. The second-order valence-corrected chi connectivity index (χ2v) is 9.59. The number of nitrogens with one attached hydrogen (secondary N) is 1. The number of carbonyl (C=O) groups excluding carboxylic acids is 2. The van der Waals surface area contributed by atoms with E-state index in [1.54, 1.807) is 11.8 Å². The Labute approximate surface area is 194 Å². The molecule has 6 heteroatoms. The van der Waals surface area contributed by atoms with Gasteiger partial charge in [0.25, 0.3) is 5.91 Å². The fourth-order valence-electron chi connectivity index (χ4n) is 3.04. The lowest BCUT2D eigenvalue weighted by Crippen LogP contribution is -2.49. The van der Waals surface area contributed by atoms with Crippen LogP contribution in [0.1, 0.15) is 52.2 Å². The Balaban J connectivity index is 2.10. The molecule has 0 spiro atoms. The summed E-state index contributed by atoms with van der Waals surface area (Å²) in [5.74, 6) is 0.233. The Hall–Kier alpha value is -2.34. The molecule has 168 valence electrons. The Morgan fingerprint density at radius 1 is 1.06 bits per heavy atom. The van der Waals surface area contributed by atoms with Gasteiger partial charge in [0, 0.05) is 17.6 Å². The SMILES string of the molecule is CCCNC(=O)[C@@H](C)N(Cc1ccc(Br)cc1)C(=O)COc1ccc(C(C)(C)C)cc1. The van der Waals surface area contributed by atoms with Gasteiger partial charge in [0.2, 0.25) is 5.91 Å². The van der Waals surface area contributed by atoms with Gasteiger partial charge in [0.15, 0.2) is 6.61 Å². The molecule has 2 amide bonds. The van der Waals surface area contributed by atoms with Crippen LogP contribution in [0.25, 0.3) is 0 Å². The van der Waals surface area contributed by atoms with E-state index in [2.05, 4.69) is 42.0 Å². The maximum Gasteiger partial charge on any atom is 0.261 e. The highest BCUT2D eigenvalue weighted by Gasteiger charge is 2.26. The van der Waals surface area contributed by atoms with Crippen LogP contribution in [0.5, 0.6) is 5.75 Å². The molecule has 0 saturated carbocycles. The number of ether oxygens (including phenoxy) is 1. The maximum atomic E-state index is 13.0. The van der Waals surface area contributed by atoms with Crippen molar-refractivity contribution < 1.29 is 14.3 Å². The van der Waals surface area contributed by atoms with Crippen molar-refractivity contribution >= 4 is 27.7 Å². The molecule has 2 aromatic carbocycles. The van der Waals surface area contributed by atoms with Crippen LogP contribution in [0.4, 0.5) is 0 Å². The second kappa shape index (κ2) is 11.3. The third-order valence-corrected chi connectivity index (χ3v) is 5.59. The van der Waals surface area contributed by atoms with E-state index in [0.29, 0.717) is 18.8 Å². The first-order chi connectivity index (χ1) is 14.6. The number of hydrogen-bond donors (Lipinski definition) is 1. The maximum absolute atomic E-state index is 13.0. The first kappa shape index (κ1) is 24.9. The third-order valence-electron chi connectivity index (χ3n) is 5.07. The Morgan fingerprint density at radius 3 is 2.23 bits per heavy atom. The van der Waals surface area contributed by atoms with Crippen molar-refractivity contribution in [3.8, 4) is 5.75 Å². The minimum atomic E-state index is -0.602. The van der Waals surface area contributed by atoms with Crippen molar-refractivity contribution in [2.24, 2.45) is 0 Å². The number of rotatable bonds is 9. The van der Waals surface area contributed by atoms with Crippen LogP contribution in [0, 0.1) is 0 Å². The first-order valence-electron chi connectivity index (χ1n) is 10.7. The van der Waals surface area contributed by atoms with E-state index < -0.39 is 6.04 Å². The second-order valence-electron chi connectivity index (χ2n) is 8.68. The molecule has 0 heterocycles. The fourth-order valence-corrected chi connectivity index (χ4v) is 3.31. The average molecular weight is 489 g/mol. The molecular weight excluding hydrogens is 456 g/mol. The summed E-state index contributed by atoms with van der Waals surface area (Å²) >= 11 is 3.42. The Kier molecular flexibility index (Phi) is 9.11. The van der Waals surface area contributed by atoms with E-state index >= 15 is 0 Å². The van der Waals surface area contributed by atoms with Gasteiger partial charge in [0.05, 0.1) is 0 Å². The van der Waals surface area contributed by atoms with Crippen molar-refractivity contribution in [2.75, 3.05) is 13.2 Å². The molecule has 0 unspecified atom stereocenters. The van der Waals surface area contributed by atoms with Crippen LogP contribution >= 0.6 is 15.9 Å². The highest BCUT2D eigenvalue weighted by Crippen LogP contribution is 2.24. The zero-order valence-electron chi connectivity index (χ0n) is 19.1. The molecular formula is C25H33BrN2O3. The average Bonchev–Trinajstić information content (AvgIpc) is 2.74.